The van der Waals surface area contributed by atoms with Crippen LogP contribution < -0.4 is 0 Å². The minimum absolute atomic E-state index is 0.327. The third-order valence-corrected chi connectivity index (χ3v) is 2.07. The van der Waals surface area contributed by atoms with Gasteiger partial charge in [-0.25, -0.2) is 4.39 Å². The van der Waals surface area contributed by atoms with Gasteiger partial charge in [-0.2, -0.15) is 5.10 Å². The lowest BCUT2D eigenvalue weighted by molar-refractivity contribution is 0.622. The van der Waals surface area contributed by atoms with Crippen molar-refractivity contribution in [3.05, 3.63) is 36.0 Å². The van der Waals surface area contributed by atoms with E-state index in [1.54, 1.807) is 18.3 Å². The van der Waals surface area contributed by atoms with E-state index in [1.165, 1.54) is 6.20 Å². The number of aryl methyl sites for hydroxylation is 1. The Balaban J connectivity index is 2.51. The molecule has 0 aromatic carbocycles. The Morgan fingerprint density at radius 3 is 3.00 bits per heavy atom. The number of aromatic amines is 1. The van der Waals surface area contributed by atoms with Crippen molar-refractivity contribution >= 4 is 0 Å². The van der Waals surface area contributed by atoms with Gasteiger partial charge >= 0.3 is 0 Å². The van der Waals surface area contributed by atoms with Crippen molar-refractivity contribution in [3.8, 4) is 11.3 Å². The summed E-state index contributed by atoms with van der Waals surface area (Å²) in [5.41, 5.74) is 2.07. The van der Waals surface area contributed by atoms with E-state index < -0.39 is 0 Å². The van der Waals surface area contributed by atoms with Crippen LogP contribution in [0.2, 0.25) is 0 Å². The number of rotatable bonds is 2. The van der Waals surface area contributed by atoms with Gasteiger partial charge in [0.15, 0.2) is 5.82 Å². The zero-order valence-electron chi connectivity index (χ0n) is 7.79. The van der Waals surface area contributed by atoms with Crippen LogP contribution in [0.15, 0.2) is 24.5 Å². The number of hydrogen-bond acceptors (Lipinski definition) is 2. The molecule has 0 amide bonds. The number of hydrogen-bond donors (Lipinski definition) is 1. The summed E-state index contributed by atoms with van der Waals surface area (Å²) < 4.78 is 13.4. The number of halogens is 1. The monoisotopic (exact) mass is 191 g/mol. The van der Waals surface area contributed by atoms with Crippen molar-refractivity contribution < 1.29 is 4.39 Å². The lowest BCUT2D eigenvalue weighted by Gasteiger charge is -2.01. The molecule has 3 nitrogen and oxygen atoms in total. The van der Waals surface area contributed by atoms with Crippen LogP contribution in [0.1, 0.15) is 12.6 Å². The maximum atomic E-state index is 13.4. The van der Waals surface area contributed by atoms with Gasteiger partial charge in [0.05, 0.1) is 11.9 Å². The maximum absolute atomic E-state index is 13.4. The largest absolute Gasteiger partial charge is 0.278 e. The first-order valence-corrected chi connectivity index (χ1v) is 4.45. The number of nitrogens with one attached hydrogen (secondary N) is 1. The highest BCUT2D eigenvalue weighted by atomic mass is 19.1. The highest BCUT2D eigenvalue weighted by Crippen LogP contribution is 2.20. The van der Waals surface area contributed by atoms with Gasteiger partial charge in [0, 0.05) is 17.5 Å². The van der Waals surface area contributed by atoms with Crippen molar-refractivity contribution in [2.24, 2.45) is 0 Å². The zero-order valence-corrected chi connectivity index (χ0v) is 7.79. The normalized spacial score (nSPS) is 10.4. The Labute approximate surface area is 81.0 Å². The summed E-state index contributed by atoms with van der Waals surface area (Å²) in [4.78, 5) is 3.96. The van der Waals surface area contributed by atoms with Crippen LogP contribution in [0.5, 0.6) is 0 Å². The van der Waals surface area contributed by atoms with Crippen LogP contribution in [0, 0.1) is 5.82 Å². The highest BCUT2D eigenvalue weighted by Gasteiger charge is 2.07. The molecule has 1 N–H and O–H groups in total. The van der Waals surface area contributed by atoms with Crippen molar-refractivity contribution in [1.82, 2.24) is 15.2 Å². The maximum Gasteiger partial charge on any atom is 0.150 e. The molecule has 4 heteroatoms. The average Bonchev–Trinajstić information content (AvgIpc) is 2.71. The SMILES string of the molecule is CCc1cc(-c2ccn[nH]2)c(F)cn1. The average molecular weight is 191 g/mol. The van der Waals surface area contributed by atoms with E-state index in [0.29, 0.717) is 11.3 Å². The number of pyridine rings is 1. The van der Waals surface area contributed by atoms with Gasteiger partial charge in [0.2, 0.25) is 0 Å². The van der Waals surface area contributed by atoms with E-state index in [2.05, 4.69) is 15.2 Å². The van der Waals surface area contributed by atoms with Gasteiger partial charge in [-0.3, -0.25) is 10.1 Å². The van der Waals surface area contributed by atoms with Crippen LogP contribution in [-0.2, 0) is 6.42 Å². The Morgan fingerprint density at radius 2 is 2.36 bits per heavy atom. The highest BCUT2D eigenvalue weighted by molar-refractivity contribution is 5.59. The Morgan fingerprint density at radius 1 is 1.50 bits per heavy atom. The molecule has 0 saturated heterocycles. The smallest absolute Gasteiger partial charge is 0.150 e. The van der Waals surface area contributed by atoms with Crippen LogP contribution in [0.4, 0.5) is 4.39 Å². The molecule has 0 aliphatic carbocycles. The van der Waals surface area contributed by atoms with E-state index in [4.69, 9.17) is 0 Å². The molecule has 0 fully saturated rings. The fourth-order valence-corrected chi connectivity index (χ4v) is 1.29. The van der Waals surface area contributed by atoms with E-state index in [1.807, 2.05) is 6.92 Å². The molecular formula is C10H10FN3. The van der Waals surface area contributed by atoms with Crippen LogP contribution in [0.3, 0.4) is 0 Å². The molecule has 2 aromatic heterocycles. The number of H-pyrrole nitrogens is 1. The molecule has 0 atom stereocenters. The summed E-state index contributed by atoms with van der Waals surface area (Å²) in [6, 6.07) is 3.47. The Bertz CT molecular complexity index is 423. The van der Waals surface area contributed by atoms with Crippen LogP contribution >= 0.6 is 0 Å². The van der Waals surface area contributed by atoms with Gasteiger partial charge in [0.25, 0.3) is 0 Å². The summed E-state index contributed by atoms with van der Waals surface area (Å²) in [5.74, 6) is -0.327. The van der Waals surface area contributed by atoms with Gasteiger partial charge in [0.1, 0.15) is 0 Å². The van der Waals surface area contributed by atoms with E-state index in [9.17, 15) is 4.39 Å². The van der Waals surface area contributed by atoms with E-state index >= 15 is 0 Å². The molecule has 0 bridgehead atoms. The fourth-order valence-electron chi connectivity index (χ4n) is 1.29. The molecule has 0 radical (unpaired) electrons. The summed E-state index contributed by atoms with van der Waals surface area (Å²) in [6.45, 7) is 1.98. The zero-order chi connectivity index (χ0) is 9.97. The minimum Gasteiger partial charge on any atom is -0.278 e. The van der Waals surface area contributed by atoms with Crippen molar-refractivity contribution in [3.63, 3.8) is 0 Å². The molecular weight excluding hydrogens is 181 g/mol. The summed E-state index contributed by atoms with van der Waals surface area (Å²) in [6.07, 6.45) is 3.64. The van der Waals surface area contributed by atoms with Crippen molar-refractivity contribution in [2.75, 3.05) is 0 Å². The molecule has 14 heavy (non-hydrogen) atoms. The minimum atomic E-state index is -0.327. The number of aromatic nitrogens is 3. The van der Waals surface area contributed by atoms with E-state index in [0.717, 1.165) is 12.1 Å². The first-order valence-electron chi connectivity index (χ1n) is 4.45. The van der Waals surface area contributed by atoms with Gasteiger partial charge in [-0.1, -0.05) is 6.92 Å². The molecule has 2 heterocycles. The van der Waals surface area contributed by atoms with Crippen molar-refractivity contribution in [2.45, 2.75) is 13.3 Å². The molecule has 0 aliphatic rings. The second-order valence-corrected chi connectivity index (χ2v) is 2.98. The third-order valence-electron chi connectivity index (χ3n) is 2.07. The predicted molar refractivity (Wildman–Crippen MR) is 51.2 cm³/mol. The Hall–Kier alpha value is -1.71. The molecule has 2 aromatic rings. The molecule has 0 aliphatic heterocycles. The summed E-state index contributed by atoms with van der Waals surface area (Å²) in [7, 11) is 0. The second kappa shape index (κ2) is 3.57. The first-order chi connectivity index (χ1) is 6.81. The third kappa shape index (κ3) is 1.51. The van der Waals surface area contributed by atoms with Gasteiger partial charge in [-0.15, -0.1) is 0 Å². The van der Waals surface area contributed by atoms with Gasteiger partial charge in [-0.05, 0) is 18.6 Å². The molecule has 0 spiro atoms. The van der Waals surface area contributed by atoms with Gasteiger partial charge < -0.3 is 0 Å². The molecule has 72 valence electrons. The lowest BCUT2D eigenvalue weighted by atomic mass is 10.1. The van der Waals surface area contributed by atoms with Crippen molar-refractivity contribution in [1.29, 1.82) is 0 Å². The molecule has 2 rings (SSSR count). The number of nitrogens with zero attached hydrogens (tertiary/aromatic N) is 2. The second-order valence-electron chi connectivity index (χ2n) is 2.98. The fraction of sp³-hybridized carbons (Fsp3) is 0.200. The predicted octanol–water partition coefficient (Wildman–Crippen LogP) is 2.17. The Kier molecular flexibility index (Phi) is 2.26. The topological polar surface area (TPSA) is 41.6 Å². The molecule has 0 saturated carbocycles. The van der Waals surface area contributed by atoms with Crippen LogP contribution in [-0.4, -0.2) is 15.2 Å². The molecule has 0 unspecified atom stereocenters. The summed E-state index contributed by atoms with van der Waals surface area (Å²) >= 11 is 0. The first kappa shape index (κ1) is 8.87. The standard InChI is InChI=1S/C10H10FN3/c1-2-7-5-8(9(11)6-12-7)10-3-4-13-14-10/h3-6H,2H2,1H3,(H,13,14). The van der Waals surface area contributed by atoms with Crippen LogP contribution in [0.25, 0.3) is 11.3 Å². The quantitative estimate of drug-likeness (QED) is 0.790. The van der Waals surface area contributed by atoms with E-state index in [-0.39, 0.29) is 5.82 Å². The lowest BCUT2D eigenvalue weighted by Crippen LogP contribution is -1.92. The summed E-state index contributed by atoms with van der Waals surface area (Å²) in [5, 5.41) is 6.51.